The molecule has 0 heterocycles. The first kappa shape index (κ1) is 14.3. The van der Waals surface area contributed by atoms with Crippen LogP contribution >= 0.6 is 0 Å². The fourth-order valence-corrected chi connectivity index (χ4v) is 2.85. The molecule has 0 aliphatic rings. The highest BCUT2D eigenvalue weighted by Gasteiger charge is 2.17. The Bertz CT molecular complexity index is 742. The second kappa shape index (κ2) is 6.87. The first-order valence-corrected chi connectivity index (χ1v) is 7.77. The van der Waals surface area contributed by atoms with Gasteiger partial charge >= 0.3 is 0 Å². The minimum atomic E-state index is 0.513. The van der Waals surface area contributed by atoms with Crippen molar-refractivity contribution in [1.29, 1.82) is 0 Å². The Labute approximate surface area is 133 Å². The predicted octanol–water partition coefficient (Wildman–Crippen LogP) is 4.22. The van der Waals surface area contributed by atoms with Gasteiger partial charge in [-0.2, -0.15) is 0 Å². The molecule has 2 nitrogen and oxygen atoms in total. The lowest BCUT2D eigenvalue weighted by atomic mass is 10.1. The van der Waals surface area contributed by atoms with Gasteiger partial charge < -0.3 is 0 Å². The number of para-hydroxylation sites is 2. The number of hydrogen-bond acceptors (Lipinski definition) is 1. The summed E-state index contributed by atoms with van der Waals surface area (Å²) < 4.78 is 11.9. The van der Waals surface area contributed by atoms with E-state index in [0.29, 0.717) is 16.2 Å². The summed E-state index contributed by atoms with van der Waals surface area (Å²) in [4.78, 5) is 2.66. The van der Waals surface area contributed by atoms with Crippen molar-refractivity contribution in [2.24, 2.45) is 0 Å². The zero-order valence-electron chi connectivity index (χ0n) is 11.9. The lowest BCUT2D eigenvalue weighted by Crippen LogP contribution is -2.26. The summed E-state index contributed by atoms with van der Waals surface area (Å²) in [6.45, 7) is 0. The van der Waals surface area contributed by atoms with E-state index in [1.165, 1.54) is 0 Å². The molecular formula is C19H15NOS. The molecule has 3 aromatic carbocycles. The lowest BCUT2D eigenvalue weighted by Gasteiger charge is -2.25. The van der Waals surface area contributed by atoms with Crippen molar-refractivity contribution in [3.63, 3.8) is 0 Å². The molecule has 0 aliphatic carbocycles. The van der Waals surface area contributed by atoms with E-state index in [0.717, 1.165) is 16.9 Å². The minimum absolute atomic E-state index is 0.513. The van der Waals surface area contributed by atoms with E-state index in [-0.39, 0.29) is 0 Å². The molecule has 0 fully saturated rings. The van der Waals surface area contributed by atoms with E-state index < -0.39 is 0 Å². The van der Waals surface area contributed by atoms with Gasteiger partial charge in [0.15, 0.2) is 0 Å². The van der Waals surface area contributed by atoms with Crippen LogP contribution in [0.25, 0.3) is 0 Å². The van der Waals surface area contributed by atoms with Gasteiger partial charge in [-0.15, -0.1) is 0 Å². The highest BCUT2D eigenvalue weighted by atomic mass is 32.1. The summed E-state index contributed by atoms with van der Waals surface area (Å²) in [5.74, 6) is 0. The molecule has 0 saturated heterocycles. The van der Waals surface area contributed by atoms with Crippen LogP contribution in [0, 0.1) is 0 Å². The van der Waals surface area contributed by atoms with Crippen LogP contribution in [0.15, 0.2) is 91.0 Å². The summed E-state index contributed by atoms with van der Waals surface area (Å²) in [5, 5.41) is 0. The van der Waals surface area contributed by atoms with Crippen LogP contribution in [0.3, 0.4) is 0 Å². The summed E-state index contributed by atoms with van der Waals surface area (Å²) in [6.07, 6.45) is 0. The van der Waals surface area contributed by atoms with Crippen LogP contribution in [-0.2, 0) is 11.3 Å². The summed E-state index contributed by atoms with van der Waals surface area (Å²) in [6, 6.07) is 29.6. The van der Waals surface area contributed by atoms with E-state index in [2.05, 4.69) is 0 Å². The molecule has 0 bridgehead atoms. The van der Waals surface area contributed by atoms with E-state index in [4.69, 9.17) is 0 Å². The van der Waals surface area contributed by atoms with Crippen molar-refractivity contribution in [3.8, 4) is 0 Å². The Morgan fingerprint density at radius 2 is 1.05 bits per heavy atom. The Morgan fingerprint density at radius 1 is 0.636 bits per heavy atom. The van der Waals surface area contributed by atoms with Gasteiger partial charge in [0.1, 0.15) is 16.2 Å². The second-order valence-corrected chi connectivity index (χ2v) is 5.31. The number of rotatable bonds is 3. The molecule has 0 atom stereocenters. The summed E-state index contributed by atoms with van der Waals surface area (Å²) in [7, 11) is 0. The highest BCUT2D eigenvalue weighted by Crippen LogP contribution is 2.27. The first-order chi connectivity index (χ1) is 10.9. The standard InChI is InChI=1S/C19H15NOS/c21-22-19(16-10-4-1-5-11-16)20(17-12-6-2-7-13-17)18-14-8-3-9-15-18/h1-15H. The smallest absolute Gasteiger partial charge is 0.148 e. The largest absolute Gasteiger partial charge is 0.299 e. The van der Waals surface area contributed by atoms with Gasteiger partial charge in [0.05, 0.1) is 0 Å². The van der Waals surface area contributed by atoms with Crippen LogP contribution in [0.1, 0.15) is 5.56 Å². The van der Waals surface area contributed by atoms with Crippen molar-refractivity contribution in [3.05, 3.63) is 96.6 Å². The van der Waals surface area contributed by atoms with Gasteiger partial charge in [0.25, 0.3) is 0 Å². The van der Waals surface area contributed by atoms with Crippen LogP contribution in [0.5, 0.6) is 0 Å². The average molecular weight is 305 g/mol. The topological polar surface area (TPSA) is 20.3 Å². The molecule has 0 spiro atoms. The van der Waals surface area contributed by atoms with E-state index in [9.17, 15) is 4.21 Å². The van der Waals surface area contributed by atoms with Gasteiger partial charge in [-0.05, 0) is 24.3 Å². The van der Waals surface area contributed by atoms with Crippen molar-refractivity contribution >= 4 is 27.6 Å². The van der Waals surface area contributed by atoms with E-state index >= 15 is 0 Å². The van der Waals surface area contributed by atoms with Crippen molar-refractivity contribution in [1.82, 2.24) is 0 Å². The number of benzene rings is 3. The van der Waals surface area contributed by atoms with Crippen LogP contribution in [-0.4, -0.2) is 9.20 Å². The molecule has 3 heteroatoms. The zero-order valence-corrected chi connectivity index (χ0v) is 12.7. The van der Waals surface area contributed by atoms with Gasteiger partial charge in [-0.1, -0.05) is 66.7 Å². The molecule has 3 rings (SSSR count). The molecule has 0 aliphatic heterocycles. The zero-order chi connectivity index (χ0) is 15.2. The Kier molecular flexibility index (Phi) is 4.47. The molecule has 0 aromatic heterocycles. The van der Waals surface area contributed by atoms with Gasteiger partial charge in [0, 0.05) is 16.9 Å². The molecule has 0 saturated carbocycles. The third kappa shape index (κ3) is 3.00. The lowest BCUT2D eigenvalue weighted by molar-refractivity contribution is 0.701. The molecule has 0 unspecified atom stereocenters. The Balaban J connectivity index is 2.16. The predicted molar refractivity (Wildman–Crippen MR) is 93.7 cm³/mol. The Morgan fingerprint density at radius 3 is 1.45 bits per heavy atom. The monoisotopic (exact) mass is 305 g/mol. The summed E-state index contributed by atoms with van der Waals surface area (Å²) in [5.41, 5.74) is 2.85. The maximum Gasteiger partial charge on any atom is 0.148 e. The normalized spacial score (nSPS) is 10.0. The summed E-state index contributed by atoms with van der Waals surface area (Å²) >= 11 is 0.513. The third-order valence-corrected chi connectivity index (χ3v) is 3.91. The first-order valence-electron chi connectivity index (χ1n) is 7.02. The molecular weight excluding hydrogens is 290 g/mol. The van der Waals surface area contributed by atoms with Gasteiger partial charge in [-0.3, -0.25) is 4.90 Å². The molecule has 22 heavy (non-hydrogen) atoms. The molecule has 0 radical (unpaired) electrons. The van der Waals surface area contributed by atoms with Crippen molar-refractivity contribution < 1.29 is 4.21 Å². The van der Waals surface area contributed by atoms with Gasteiger partial charge in [-0.25, -0.2) is 4.21 Å². The molecule has 3 aromatic rings. The maximum absolute atomic E-state index is 11.9. The van der Waals surface area contributed by atoms with Crippen LogP contribution in [0.4, 0.5) is 11.4 Å². The molecule has 0 amide bonds. The third-order valence-electron chi connectivity index (χ3n) is 3.33. The van der Waals surface area contributed by atoms with Crippen LogP contribution in [0.2, 0.25) is 0 Å². The fourth-order valence-electron chi connectivity index (χ4n) is 2.33. The van der Waals surface area contributed by atoms with Crippen molar-refractivity contribution in [2.45, 2.75) is 0 Å². The quantitative estimate of drug-likeness (QED) is 0.675. The Hall–Kier alpha value is -2.65. The molecule has 0 N–H and O–H groups in total. The number of nitrogens with zero attached hydrogens (tertiary/aromatic N) is 1. The van der Waals surface area contributed by atoms with E-state index in [1.807, 2.05) is 95.9 Å². The minimum Gasteiger partial charge on any atom is -0.299 e. The van der Waals surface area contributed by atoms with E-state index in [1.54, 1.807) is 0 Å². The van der Waals surface area contributed by atoms with Crippen molar-refractivity contribution in [2.75, 3.05) is 4.90 Å². The maximum atomic E-state index is 11.9. The highest BCUT2D eigenvalue weighted by molar-refractivity contribution is 7.67. The SMILES string of the molecule is O=S=C(c1ccccc1)N(c1ccccc1)c1ccccc1. The average Bonchev–Trinajstić information content (AvgIpc) is 2.62. The molecule has 108 valence electrons. The van der Waals surface area contributed by atoms with Crippen LogP contribution < -0.4 is 4.90 Å². The van der Waals surface area contributed by atoms with Gasteiger partial charge in [0.2, 0.25) is 0 Å². The number of hydrogen-bond donors (Lipinski definition) is 0. The number of anilines is 2. The fraction of sp³-hybridized carbons (Fsp3) is 0. The second-order valence-electron chi connectivity index (χ2n) is 4.76.